The Labute approximate surface area is 146 Å². The third-order valence-corrected chi connectivity index (χ3v) is 4.30. The summed E-state index contributed by atoms with van der Waals surface area (Å²) in [5.74, 6) is 0.230. The van der Waals surface area contributed by atoms with Crippen molar-refractivity contribution < 1.29 is 14.7 Å². The first kappa shape index (κ1) is 16.8. The normalized spacial score (nSPS) is 15.3. The van der Waals surface area contributed by atoms with Crippen molar-refractivity contribution in [1.82, 2.24) is 5.32 Å². The lowest BCUT2D eigenvalue weighted by Gasteiger charge is -2.15. The summed E-state index contributed by atoms with van der Waals surface area (Å²) in [6.07, 6.45) is 1.93. The molecule has 130 valence electrons. The molecule has 0 fully saturated rings. The summed E-state index contributed by atoms with van der Waals surface area (Å²) in [6, 6.07) is 11.9. The summed E-state index contributed by atoms with van der Waals surface area (Å²) in [6.45, 7) is 1.79. The monoisotopic (exact) mass is 339 g/mol. The molecule has 0 bridgehead atoms. The minimum Gasteiger partial charge on any atom is -0.508 e. The lowest BCUT2D eigenvalue weighted by Crippen LogP contribution is -2.31. The topological polar surface area (TPSA) is 90.5 Å². The summed E-state index contributed by atoms with van der Waals surface area (Å²) < 4.78 is 0. The molecule has 0 aromatic heterocycles. The largest absolute Gasteiger partial charge is 0.508 e. The Morgan fingerprint density at radius 2 is 1.76 bits per heavy atom. The Balaban J connectivity index is 1.59. The Kier molecular flexibility index (Phi) is 4.88. The second kappa shape index (κ2) is 7.25. The standard InChI is InChI=1S/C19H21N3O3/c1-2-18(24)20-12-6-8-13(9-7-12)21-19(25)22-16-11-10-15-14(16)4-3-5-17(15)23/h3-9,16,23H,2,10-11H2,1H3,(H,20,24)(H2,21,22,25). The van der Waals surface area contributed by atoms with Gasteiger partial charge in [0.2, 0.25) is 5.91 Å². The SMILES string of the molecule is CCC(=O)Nc1ccc(NC(=O)NC2CCc3c(O)cccc32)cc1. The van der Waals surface area contributed by atoms with Crippen LogP contribution < -0.4 is 16.0 Å². The van der Waals surface area contributed by atoms with E-state index in [0.717, 1.165) is 24.0 Å². The molecular formula is C19H21N3O3. The van der Waals surface area contributed by atoms with Crippen LogP contribution in [0.1, 0.15) is 36.9 Å². The van der Waals surface area contributed by atoms with E-state index in [2.05, 4.69) is 16.0 Å². The number of urea groups is 1. The molecule has 0 aliphatic heterocycles. The van der Waals surface area contributed by atoms with E-state index in [1.54, 1.807) is 43.3 Å². The summed E-state index contributed by atoms with van der Waals surface area (Å²) >= 11 is 0. The van der Waals surface area contributed by atoms with Crippen molar-refractivity contribution in [2.75, 3.05) is 10.6 Å². The van der Waals surface area contributed by atoms with E-state index in [9.17, 15) is 14.7 Å². The van der Waals surface area contributed by atoms with Crippen molar-refractivity contribution in [1.29, 1.82) is 0 Å². The minimum absolute atomic E-state index is 0.0541. The first-order valence-corrected chi connectivity index (χ1v) is 8.35. The number of carbonyl (C=O) groups is 2. The summed E-state index contributed by atoms with van der Waals surface area (Å²) in [5.41, 5.74) is 3.20. The number of hydrogen-bond acceptors (Lipinski definition) is 3. The number of phenolic OH excluding ortho intramolecular Hbond substituents is 1. The van der Waals surface area contributed by atoms with Crippen LogP contribution in [0, 0.1) is 0 Å². The highest BCUT2D eigenvalue weighted by Gasteiger charge is 2.25. The van der Waals surface area contributed by atoms with Crippen LogP contribution in [0.5, 0.6) is 5.75 Å². The number of fused-ring (bicyclic) bond motifs is 1. The van der Waals surface area contributed by atoms with Gasteiger partial charge >= 0.3 is 6.03 Å². The molecule has 3 amide bonds. The first-order chi connectivity index (χ1) is 12.1. The number of benzene rings is 2. The number of anilines is 2. The average Bonchev–Trinajstić information content (AvgIpc) is 3.01. The van der Waals surface area contributed by atoms with Gasteiger partial charge in [0.05, 0.1) is 6.04 Å². The molecule has 6 nitrogen and oxygen atoms in total. The zero-order chi connectivity index (χ0) is 17.8. The second-order valence-corrected chi connectivity index (χ2v) is 6.01. The molecule has 0 spiro atoms. The fourth-order valence-corrected chi connectivity index (χ4v) is 3.00. The first-order valence-electron chi connectivity index (χ1n) is 8.35. The predicted octanol–water partition coefficient (Wildman–Crippen LogP) is 3.55. The van der Waals surface area contributed by atoms with E-state index in [-0.39, 0.29) is 23.7 Å². The van der Waals surface area contributed by atoms with Crippen LogP contribution in [0.2, 0.25) is 0 Å². The molecule has 3 rings (SSSR count). The molecule has 2 aromatic rings. The van der Waals surface area contributed by atoms with Crippen LogP contribution in [0.15, 0.2) is 42.5 Å². The van der Waals surface area contributed by atoms with Gasteiger partial charge in [0.25, 0.3) is 0 Å². The number of rotatable bonds is 4. The van der Waals surface area contributed by atoms with Gasteiger partial charge in [-0.1, -0.05) is 19.1 Å². The predicted molar refractivity (Wildman–Crippen MR) is 96.7 cm³/mol. The highest BCUT2D eigenvalue weighted by Crippen LogP contribution is 2.36. The van der Waals surface area contributed by atoms with Gasteiger partial charge in [0.15, 0.2) is 0 Å². The van der Waals surface area contributed by atoms with Crippen molar-refractivity contribution in [3.05, 3.63) is 53.6 Å². The van der Waals surface area contributed by atoms with Gasteiger partial charge in [-0.05, 0) is 54.3 Å². The van der Waals surface area contributed by atoms with E-state index < -0.39 is 0 Å². The summed E-state index contributed by atoms with van der Waals surface area (Å²) in [4.78, 5) is 23.6. The molecule has 25 heavy (non-hydrogen) atoms. The van der Waals surface area contributed by atoms with E-state index in [1.165, 1.54) is 0 Å². The lowest BCUT2D eigenvalue weighted by molar-refractivity contribution is -0.115. The highest BCUT2D eigenvalue weighted by molar-refractivity contribution is 5.92. The maximum absolute atomic E-state index is 12.2. The number of amides is 3. The number of phenols is 1. The van der Waals surface area contributed by atoms with Gasteiger partial charge in [0.1, 0.15) is 5.75 Å². The average molecular weight is 339 g/mol. The van der Waals surface area contributed by atoms with E-state index in [4.69, 9.17) is 0 Å². The third-order valence-electron chi connectivity index (χ3n) is 4.30. The molecule has 1 aliphatic carbocycles. The van der Waals surface area contributed by atoms with E-state index in [0.29, 0.717) is 17.8 Å². The van der Waals surface area contributed by atoms with E-state index in [1.807, 2.05) is 6.07 Å². The van der Waals surface area contributed by atoms with Gasteiger partial charge in [-0.25, -0.2) is 4.79 Å². The number of hydrogen-bond donors (Lipinski definition) is 4. The van der Waals surface area contributed by atoms with Crippen molar-refractivity contribution in [2.45, 2.75) is 32.2 Å². The fourth-order valence-electron chi connectivity index (χ4n) is 3.00. The van der Waals surface area contributed by atoms with Crippen molar-refractivity contribution in [3.63, 3.8) is 0 Å². The molecular weight excluding hydrogens is 318 g/mol. The summed E-state index contributed by atoms with van der Waals surface area (Å²) in [7, 11) is 0. The van der Waals surface area contributed by atoms with Crippen LogP contribution in [0.25, 0.3) is 0 Å². The molecule has 2 aromatic carbocycles. The fraction of sp³-hybridized carbons (Fsp3) is 0.263. The van der Waals surface area contributed by atoms with Crippen LogP contribution in [0.3, 0.4) is 0 Å². The zero-order valence-electron chi connectivity index (χ0n) is 14.0. The molecule has 0 saturated carbocycles. The molecule has 4 N–H and O–H groups in total. The molecule has 1 unspecified atom stereocenters. The molecule has 6 heteroatoms. The van der Waals surface area contributed by atoms with Crippen molar-refractivity contribution in [3.8, 4) is 5.75 Å². The molecule has 0 heterocycles. The van der Waals surface area contributed by atoms with Crippen LogP contribution in [-0.4, -0.2) is 17.0 Å². The quantitative estimate of drug-likeness (QED) is 0.686. The van der Waals surface area contributed by atoms with Crippen molar-refractivity contribution in [2.24, 2.45) is 0 Å². The maximum Gasteiger partial charge on any atom is 0.319 e. The van der Waals surface area contributed by atoms with Gasteiger partial charge in [-0.15, -0.1) is 0 Å². The second-order valence-electron chi connectivity index (χ2n) is 6.01. The van der Waals surface area contributed by atoms with Gasteiger partial charge in [-0.3, -0.25) is 4.79 Å². The molecule has 0 radical (unpaired) electrons. The molecule has 0 saturated heterocycles. The Morgan fingerprint density at radius 1 is 1.08 bits per heavy atom. The van der Waals surface area contributed by atoms with E-state index >= 15 is 0 Å². The smallest absolute Gasteiger partial charge is 0.319 e. The zero-order valence-corrected chi connectivity index (χ0v) is 14.0. The molecule has 1 aliphatic rings. The Bertz CT molecular complexity index is 787. The number of nitrogens with one attached hydrogen (secondary N) is 3. The van der Waals surface area contributed by atoms with Crippen LogP contribution in [0.4, 0.5) is 16.2 Å². The lowest BCUT2D eigenvalue weighted by atomic mass is 10.1. The van der Waals surface area contributed by atoms with Crippen LogP contribution >= 0.6 is 0 Å². The van der Waals surface area contributed by atoms with Crippen LogP contribution in [-0.2, 0) is 11.2 Å². The van der Waals surface area contributed by atoms with Gasteiger partial charge < -0.3 is 21.1 Å². The number of aromatic hydroxyl groups is 1. The molecule has 1 atom stereocenters. The minimum atomic E-state index is -0.300. The summed E-state index contributed by atoms with van der Waals surface area (Å²) in [5, 5.41) is 18.3. The maximum atomic E-state index is 12.2. The van der Waals surface area contributed by atoms with Crippen molar-refractivity contribution >= 4 is 23.3 Å². The number of carbonyl (C=O) groups excluding carboxylic acids is 2. The van der Waals surface area contributed by atoms with Gasteiger partial charge in [-0.2, -0.15) is 0 Å². The Morgan fingerprint density at radius 3 is 2.44 bits per heavy atom. The highest BCUT2D eigenvalue weighted by atomic mass is 16.3. The Hall–Kier alpha value is -3.02. The van der Waals surface area contributed by atoms with Gasteiger partial charge in [0, 0.05) is 17.8 Å². The third kappa shape index (κ3) is 3.91.